The molecule has 0 fully saturated rings. The van der Waals surface area contributed by atoms with Crippen LogP contribution in [0.2, 0.25) is 4.34 Å². The maximum Gasteiger partial charge on any atom is 0.238 e. The van der Waals surface area contributed by atoms with Crippen molar-refractivity contribution in [3.63, 3.8) is 0 Å². The van der Waals surface area contributed by atoms with Crippen molar-refractivity contribution in [1.82, 2.24) is 25.2 Å². The zero-order chi connectivity index (χ0) is 10.8. The molecular weight excluding hydrogens is 254 g/mol. The molecule has 2 heterocycles. The smallest absolute Gasteiger partial charge is 0.236 e. The highest BCUT2D eigenvalue weighted by molar-refractivity contribution is 8.00. The van der Waals surface area contributed by atoms with E-state index in [9.17, 15) is 0 Å². The molecule has 5 nitrogen and oxygen atoms in total. The topological polar surface area (TPSA) is 56.5 Å². The normalized spacial score (nSPS) is 11.2. The second-order valence-electron chi connectivity index (χ2n) is 3.02. The van der Waals surface area contributed by atoms with Gasteiger partial charge in [-0.3, -0.25) is 0 Å². The lowest BCUT2D eigenvalue weighted by Crippen LogP contribution is -2.04. The van der Waals surface area contributed by atoms with E-state index in [4.69, 9.17) is 11.6 Å². The van der Waals surface area contributed by atoms with Crippen molar-refractivity contribution in [2.24, 2.45) is 0 Å². The summed E-state index contributed by atoms with van der Waals surface area (Å²) in [5, 5.41) is 12.6. The van der Waals surface area contributed by atoms with Crippen LogP contribution in [-0.2, 0) is 0 Å². The number of rotatable bonds is 3. The molecule has 0 saturated carbocycles. The molecule has 0 aliphatic carbocycles. The van der Waals surface area contributed by atoms with E-state index in [0.29, 0.717) is 9.49 Å². The third-order valence-corrected chi connectivity index (χ3v) is 3.54. The largest absolute Gasteiger partial charge is 0.238 e. The zero-order valence-corrected chi connectivity index (χ0v) is 10.5. The second-order valence-corrected chi connectivity index (χ2v) is 5.89. The van der Waals surface area contributed by atoms with Crippen LogP contribution in [0.25, 0.3) is 0 Å². The van der Waals surface area contributed by atoms with E-state index in [-0.39, 0.29) is 6.04 Å². The quantitative estimate of drug-likeness (QED) is 0.850. The minimum atomic E-state index is 0.215. The summed E-state index contributed by atoms with van der Waals surface area (Å²) < 4.78 is 1.48. The van der Waals surface area contributed by atoms with Crippen LogP contribution in [-0.4, -0.2) is 25.2 Å². The lowest BCUT2D eigenvalue weighted by Gasteiger charge is -1.98. The van der Waals surface area contributed by atoms with E-state index < -0.39 is 0 Å². The van der Waals surface area contributed by atoms with Crippen molar-refractivity contribution in [3.05, 3.63) is 10.5 Å². The van der Waals surface area contributed by atoms with E-state index in [2.05, 4.69) is 20.4 Å². The highest BCUT2D eigenvalue weighted by Gasteiger charge is 2.09. The maximum absolute atomic E-state index is 5.76. The molecule has 2 aromatic rings. The SMILES string of the molecule is CC(C)n1nnc(Sc2ncc(Cl)s2)n1. The summed E-state index contributed by atoms with van der Waals surface area (Å²) in [4.78, 5) is 5.66. The summed E-state index contributed by atoms with van der Waals surface area (Å²) in [5.41, 5.74) is 0. The second kappa shape index (κ2) is 4.46. The van der Waals surface area contributed by atoms with Gasteiger partial charge >= 0.3 is 0 Å². The number of nitrogens with zero attached hydrogens (tertiary/aromatic N) is 5. The molecule has 0 unspecified atom stereocenters. The van der Waals surface area contributed by atoms with Gasteiger partial charge in [-0.25, -0.2) is 4.98 Å². The molecule has 0 spiro atoms. The Morgan fingerprint density at radius 3 is 2.87 bits per heavy atom. The molecule has 2 rings (SSSR count). The summed E-state index contributed by atoms with van der Waals surface area (Å²) >= 11 is 8.53. The van der Waals surface area contributed by atoms with E-state index in [0.717, 1.165) is 4.34 Å². The molecular formula is C7H8ClN5S2. The minimum Gasteiger partial charge on any atom is -0.236 e. The van der Waals surface area contributed by atoms with Gasteiger partial charge in [0.1, 0.15) is 4.34 Å². The van der Waals surface area contributed by atoms with Gasteiger partial charge in [0.15, 0.2) is 4.34 Å². The molecule has 0 aliphatic heterocycles. The Morgan fingerprint density at radius 1 is 1.53 bits per heavy atom. The van der Waals surface area contributed by atoms with Crippen LogP contribution in [0.4, 0.5) is 0 Å². The molecule has 15 heavy (non-hydrogen) atoms. The molecule has 0 aliphatic rings. The monoisotopic (exact) mass is 261 g/mol. The van der Waals surface area contributed by atoms with Crippen LogP contribution < -0.4 is 0 Å². The van der Waals surface area contributed by atoms with Crippen molar-refractivity contribution in [2.45, 2.75) is 29.4 Å². The minimum absolute atomic E-state index is 0.215. The Morgan fingerprint density at radius 2 is 2.33 bits per heavy atom. The molecule has 0 N–H and O–H groups in total. The average Bonchev–Trinajstić information content (AvgIpc) is 2.76. The number of thiazole rings is 1. The van der Waals surface area contributed by atoms with Gasteiger partial charge < -0.3 is 0 Å². The summed E-state index contributed by atoms with van der Waals surface area (Å²) in [6, 6.07) is 0.215. The van der Waals surface area contributed by atoms with Gasteiger partial charge in [-0.05, 0) is 30.8 Å². The lowest BCUT2D eigenvalue weighted by molar-refractivity contribution is 0.452. The molecule has 0 saturated heterocycles. The predicted molar refractivity (Wildman–Crippen MR) is 59.4 cm³/mol. The first kappa shape index (κ1) is 10.8. The summed E-state index contributed by atoms with van der Waals surface area (Å²) in [5.74, 6) is 0. The van der Waals surface area contributed by atoms with Gasteiger partial charge in [-0.1, -0.05) is 22.9 Å². The van der Waals surface area contributed by atoms with Crippen molar-refractivity contribution in [3.8, 4) is 0 Å². The van der Waals surface area contributed by atoms with Crippen LogP contribution in [0.15, 0.2) is 15.7 Å². The van der Waals surface area contributed by atoms with E-state index in [1.54, 1.807) is 11.0 Å². The van der Waals surface area contributed by atoms with Gasteiger partial charge in [-0.2, -0.15) is 4.80 Å². The molecule has 0 aromatic carbocycles. The molecule has 0 bridgehead atoms. The van der Waals surface area contributed by atoms with E-state index in [1.165, 1.54) is 23.1 Å². The standard InChI is InChI=1S/C7H8ClN5S2/c1-4(2)13-11-6(10-12-13)15-7-9-3-5(8)14-7/h3-4H,1-2H3. The number of hydrogen-bond donors (Lipinski definition) is 0. The summed E-state index contributed by atoms with van der Waals surface area (Å²) in [6.45, 7) is 3.99. The average molecular weight is 262 g/mol. The molecule has 2 aromatic heterocycles. The number of hydrogen-bond acceptors (Lipinski definition) is 6. The molecule has 8 heteroatoms. The van der Waals surface area contributed by atoms with E-state index in [1.807, 2.05) is 13.8 Å². The van der Waals surface area contributed by atoms with Gasteiger partial charge in [0.2, 0.25) is 5.16 Å². The molecule has 0 amide bonds. The Hall–Kier alpha value is -0.660. The number of aromatic nitrogens is 5. The van der Waals surface area contributed by atoms with Gasteiger partial charge in [0.25, 0.3) is 0 Å². The predicted octanol–water partition coefficient (Wildman–Crippen LogP) is 2.52. The highest BCUT2D eigenvalue weighted by Crippen LogP contribution is 2.30. The Kier molecular flexibility index (Phi) is 3.22. The number of halogens is 1. The summed E-state index contributed by atoms with van der Waals surface area (Å²) in [7, 11) is 0. The van der Waals surface area contributed by atoms with Crippen molar-refractivity contribution in [2.75, 3.05) is 0 Å². The molecule has 0 radical (unpaired) electrons. The molecule has 80 valence electrons. The highest BCUT2D eigenvalue weighted by atomic mass is 35.5. The fourth-order valence-corrected chi connectivity index (χ4v) is 2.74. The fourth-order valence-electron chi connectivity index (χ4n) is 0.836. The molecule has 0 atom stereocenters. The van der Waals surface area contributed by atoms with Crippen LogP contribution in [0.5, 0.6) is 0 Å². The first-order chi connectivity index (χ1) is 7.15. The van der Waals surface area contributed by atoms with Crippen molar-refractivity contribution < 1.29 is 0 Å². The Bertz CT molecular complexity index is 452. The third kappa shape index (κ3) is 2.67. The Balaban J connectivity index is 2.11. The van der Waals surface area contributed by atoms with Gasteiger partial charge in [0, 0.05) is 0 Å². The summed E-state index contributed by atoms with van der Waals surface area (Å²) in [6.07, 6.45) is 1.61. The zero-order valence-electron chi connectivity index (χ0n) is 8.09. The first-order valence-electron chi connectivity index (χ1n) is 4.24. The van der Waals surface area contributed by atoms with Crippen LogP contribution in [0, 0.1) is 0 Å². The maximum atomic E-state index is 5.76. The van der Waals surface area contributed by atoms with Crippen LogP contribution >= 0.6 is 34.7 Å². The lowest BCUT2D eigenvalue weighted by atomic mass is 10.4. The van der Waals surface area contributed by atoms with Gasteiger partial charge in [0.05, 0.1) is 12.2 Å². The van der Waals surface area contributed by atoms with Crippen LogP contribution in [0.1, 0.15) is 19.9 Å². The fraction of sp³-hybridized carbons (Fsp3) is 0.429. The van der Waals surface area contributed by atoms with Crippen molar-refractivity contribution in [1.29, 1.82) is 0 Å². The third-order valence-electron chi connectivity index (χ3n) is 1.51. The van der Waals surface area contributed by atoms with Gasteiger partial charge in [-0.15, -0.1) is 10.2 Å². The number of tetrazole rings is 1. The van der Waals surface area contributed by atoms with Crippen molar-refractivity contribution >= 4 is 34.7 Å². The first-order valence-corrected chi connectivity index (χ1v) is 6.25. The van der Waals surface area contributed by atoms with Crippen LogP contribution in [0.3, 0.4) is 0 Å². The van der Waals surface area contributed by atoms with E-state index >= 15 is 0 Å². The Labute approximate surface area is 99.9 Å².